The first-order valence-corrected chi connectivity index (χ1v) is 9.65. The molecule has 0 N–H and O–H groups in total. The van der Waals surface area contributed by atoms with Gasteiger partial charge in [-0.25, -0.2) is 0 Å². The molecule has 0 amide bonds. The van der Waals surface area contributed by atoms with Gasteiger partial charge < -0.3 is 14.0 Å². The first-order chi connectivity index (χ1) is 13.1. The van der Waals surface area contributed by atoms with Crippen LogP contribution in [0.2, 0.25) is 0 Å². The highest BCUT2D eigenvalue weighted by Crippen LogP contribution is 2.34. The van der Waals surface area contributed by atoms with E-state index in [2.05, 4.69) is 95.8 Å². The smallest absolute Gasteiger partial charge is 0.0535 e. The summed E-state index contributed by atoms with van der Waals surface area (Å²) >= 11 is 0. The minimum atomic E-state index is 1.03. The van der Waals surface area contributed by atoms with E-state index in [0.717, 1.165) is 19.5 Å². The van der Waals surface area contributed by atoms with Crippen LogP contribution in [-0.4, -0.2) is 27.6 Å². The van der Waals surface area contributed by atoms with Gasteiger partial charge in [0, 0.05) is 60.8 Å². The number of benzene rings is 2. The van der Waals surface area contributed by atoms with Gasteiger partial charge in [-0.3, -0.25) is 0 Å². The Labute approximate surface area is 160 Å². The molecule has 0 fully saturated rings. The Hall–Kier alpha value is -2.78. The lowest BCUT2D eigenvalue weighted by molar-refractivity contribution is 0.311. The van der Waals surface area contributed by atoms with Crippen molar-refractivity contribution >= 4 is 10.9 Å². The van der Waals surface area contributed by atoms with Crippen LogP contribution in [0, 0.1) is 6.92 Å². The third-order valence-corrected chi connectivity index (χ3v) is 5.84. The van der Waals surface area contributed by atoms with Crippen molar-refractivity contribution in [3.8, 4) is 16.9 Å². The summed E-state index contributed by atoms with van der Waals surface area (Å²) in [7, 11) is 4.32. The highest BCUT2D eigenvalue weighted by atomic mass is 15.1. The Morgan fingerprint density at radius 3 is 2.63 bits per heavy atom. The van der Waals surface area contributed by atoms with Crippen LogP contribution in [0.25, 0.3) is 27.8 Å². The fourth-order valence-corrected chi connectivity index (χ4v) is 4.47. The number of nitrogens with zero attached hydrogens (tertiary/aromatic N) is 3. The predicted octanol–water partition coefficient (Wildman–Crippen LogP) is 4.93. The summed E-state index contributed by atoms with van der Waals surface area (Å²) in [5.41, 5.74) is 9.38. The topological polar surface area (TPSA) is 13.1 Å². The fourth-order valence-electron chi connectivity index (χ4n) is 4.47. The Kier molecular flexibility index (Phi) is 3.73. The monoisotopic (exact) mass is 355 g/mol. The SMILES string of the molecule is Cc1ccc2c(c1)c1c(n2-c2cccc(-c3cccn3C)c2)CCN(C)C1. The summed E-state index contributed by atoms with van der Waals surface area (Å²) in [5, 5.41) is 1.40. The Balaban J connectivity index is 1.76. The molecule has 3 heterocycles. The summed E-state index contributed by atoms with van der Waals surface area (Å²) in [6.07, 6.45) is 3.20. The molecule has 0 bridgehead atoms. The van der Waals surface area contributed by atoms with Gasteiger partial charge in [-0.2, -0.15) is 0 Å². The van der Waals surface area contributed by atoms with Crippen molar-refractivity contribution in [3.63, 3.8) is 0 Å². The second-order valence-corrected chi connectivity index (χ2v) is 7.82. The molecule has 0 radical (unpaired) electrons. The van der Waals surface area contributed by atoms with Crippen LogP contribution in [0.3, 0.4) is 0 Å². The third-order valence-electron chi connectivity index (χ3n) is 5.84. The standard InChI is InChI=1S/C24H25N3/c1-17-9-10-23-20(14-17)21-16-25(2)13-11-24(21)27(23)19-7-4-6-18(15-19)22-8-5-12-26(22)3/h4-10,12,14-15H,11,13,16H2,1-3H3. The zero-order valence-corrected chi connectivity index (χ0v) is 16.2. The normalized spacial score (nSPS) is 14.6. The van der Waals surface area contributed by atoms with Crippen molar-refractivity contribution in [1.82, 2.24) is 14.0 Å². The molecule has 3 heteroatoms. The molecule has 0 aliphatic carbocycles. The number of aromatic nitrogens is 2. The van der Waals surface area contributed by atoms with Gasteiger partial charge in [0.2, 0.25) is 0 Å². The maximum Gasteiger partial charge on any atom is 0.0535 e. The number of fused-ring (bicyclic) bond motifs is 3. The molecule has 2 aromatic carbocycles. The van der Waals surface area contributed by atoms with Crippen molar-refractivity contribution < 1.29 is 0 Å². The van der Waals surface area contributed by atoms with E-state index in [1.54, 1.807) is 0 Å². The van der Waals surface area contributed by atoms with Crippen molar-refractivity contribution in [2.45, 2.75) is 19.9 Å². The van der Waals surface area contributed by atoms with Gasteiger partial charge in [0.15, 0.2) is 0 Å². The number of hydrogen-bond donors (Lipinski definition) is 0. The number of aryl methyl sites for hydroxylation is 2. The minimum Gasteiger partial charge on any atom is -0.351 e. The van der Waals surface area contributed by atoms with Crippen LogP contribution < -0.4 is 0 Å². The van der Waals surface area contributed by atoms with Gasteiger partial charge in [-0.1, -0.05) is 23.8 Å². The summed E-state index contributed by atoms with van der Waals surface area (Å²) < 4.78 is 4.67. The van der Waals surface area contributed by atoms with E-state index >= 15 is 0 Å². The van der Waals surface area contributed by atoms with Crippen LogP contribution in [0.4, 0.5) is 0 Å². The molecule has 0 atom stereocenters. The molecule has 1 aliphatic heterocycles. The van der Waals surface area contributed by atoms with Gasteiger partial charge in [0.1, 0.15) is 0 Å². The van der Waals surface area contributed by atoms with Gasteiger partial charge in [0.05, 0.1) is 5.52 Å². The summed E-state index contributed by atoms with van der Waals surface area (Å²) in [6.45, 7) is 4.32. The molecule has 0 saturated heterocycles. The average Bonchev–Trinajstić information content (AvgIpc) is 3.23. The summed E-state index contributed by atoms with van der Waals surface area (Å²) in [6, 6.07) is 20.1. The second-order valence-electron chi connectivity index (χ2n) is 7.82. The number of likely N-dealkylation sites (N-methyl/N-ethyl adjacent to an activating group) is 1. The Bertz CT molecular complexity index is 1150. The highest BCUT2D eigenvalue weighted by molar-refractivity contribution is 5.88. The molecule has 1 aliphatic rings. The van der Waals surface area contributed by atoms with E-state index in [4.69, 9.17) is 0 Å². The molecule has 0 unspecified atom stereocenters. The van der Waals surface area contributed by atoms with Crippen molar-refractivity contribution in [2.24, 2.45) is 7.05 Å². The highest BCUT2D eigenvalue weighted by Gasteiger charge is 2.23. The largest absolute Gasteiger partial charge is 0.351 e. The quantitative estimate of drug-likeness (QED) is 0.497. The first-order valence-electron chi connectivity index (χ1n) is 9.65. The van der Waals surface area contributed by atoms with E-state index < -0.39 is 0 Å². The predicted molar refractivity (Wildman–Crippen MR) is 112 cm³/mol. The molecule has 4 aromatic rings. The zero-order valence-electron chi connectivity index (χ0n) is 16.2. The minimum absolute atomic E-state index is 1.03. The zero-order chi connectivity index (χ0) is 18.5. The maximum atomic E-state index is 2.49. The summed E-state index contributed by atoms with van der Waals surface area (Å²) in [4.78, 5) is 2.43. The van der Waals surface area contributed by atoms with Gasteiger partial charge in [0.25, 0.3) is 0 Å². The number of rotatable bonds is 2. The van der Waals surface area contributed by atoms with Crippen molar-refractivity contribution in [1.29, 1.82) is 0 Å². The Morgan fingerprint density at radius 2 is 1.81 bits per heavy atom. The van der Waals surface area contributed by atoms with Crippen LogP contribution in [0.1, 0.15) is 16.8 Å². The molecule has 0 spiro atoms. The van der Waals surface area contributed by atoms with Gasteiger partial charge in [-0.05, 0) is 55.9 Å². The number of hydrogen-bond acceptors (Lipinski definition) is 1. The fraction of sp³-hybridized carbons (Fsp3) is 0.250. The molecule has 136 valence electrons. The molecular formula is C24H25N3. The lowest BCUT2D eigenvalue weighted by Gasteiger charge is -2.24. The van der Waals surface area contributed by atoms with Gasteiger partial charge in [-0.15, -0.1) is 0 Å². The van der Waals surface area contributed by atoms with E-state index in [-0.39, 0.29) is 0 Å². The molecule has 0 saturated carbocycles. The van der Waals surface area contributed by atoms with Crippen LogP contribution in [0.15, 0.2) is 60.8 Å². The van der Waals surface area contributed by atoms with Crippen LogP contribution in [0.5, 0.6) is 0 Å². The van der Waals surface area contributed by atoms with E-state index in [0.29, 0.717) is 0 Å². The molecule has 5 rings (SSSR count). The van der Waals surface area contributed by atoms with Crippen molar-refractivity contribution in [2.75, 3.05) is 13.6 Å². The molecule has 27 heavy (non-hydrogen) atoms. The van der Waals surface area contributed by atoms with Crippen LogP contribution in [-0.2, 0) is 20.0 Å². The lowest BCUT2D eigenvalue weighted by atomic mass is 10.0. The molecular weight excluding hydrogens is 330 g/mol. The second kappa shape index (κ2) is 6.14. The Morgan fingerprint density at radius 1 is 0.926 bits per heavy atom. The summed E-state index contributed by atoms with van der Waals surface area (Å²) in [5.74, 6) is 0. The van der Waals surface area contributed by atoms with Gasteiger partial charge >= 0.3 is 0 Å². The van der Waals surface area contributed by atoms with Crippen molar-refractivity contribution in [3.05, 3.63) is 77.6 Å². The lowest BCUT2D eigenvalue weighted by Crippen LogP contribution is -2.27. The maximum absolute atomic E-state index is 2.49. The van der Waals surface area contributed by atoms with E-state index in [1.165, 1.54) is 44.7 Å². The molecule has 2 aromatic heterocycles. The van der Waals surface area contributed by atoms with E-state index in [1.807, 2.05) is 0 Å². The third kappa shape index (κ3) is 2.62. The first kappa shape index (κ1) is 16.4. The molecule has 3 nitrogen and oxygen atoms in total. The van der Waals surface area contributed by atoms with E-state index in [9.17, 15) is 0 Å². The average molecular weight is 355 g/mol. The van der Waals surface area contributed by atoms with Crippen LogP contribution >= 0.6 is 0 Å².